The largest absolute Gasteiger partial charge is 0.497 e. The highest BCUT2D eigenvalue weighted by molar-refractivity contribution is 8.00. The number of anilines is 1. The number of aryl methyl sites for hydroxylation is 1. The lowest BCUT2D eigenvalue weighted by Gasteiger charge is -2.13. The lowest BCUT2D eigenvalue weighted by Crippen LogP contribution is -2.14. The third-order valence-corrected chi connectivity index (χ3v) is 8.57. The summed E-state index contributed by atoms with van der Waals surface area (Å²) in [6.45, 7) is 2.01. The van der Waals surface area contributed by atoms with E-state index in [1.54, 1.807) is 55.6 Å². The number of para-hydroxylation sites is 1. The highest BCUT2D eigenvalue weighted by Crippen LogP contribution is 2.35. The third kappa shape index (κ3) is 6.83. The Balaban J connectivity index is 1.23. The second kappa shape index (κ2) is 13.6. The summed E-state index contributed by atoms with van der Waals surface area (Å²) in [7, 11) is 1.61. The molecule has 0 saturated heterocycles. The van der Waals surface area contributed by atoms with Crippen molar-refractivity contribution in [2.24, 2.45) is 0 Å². The van der Waals surface area contributed by atoms with Crippen molar-refractivity contribution in [3.05, 3.63) is 126 Å². The van der Waals surface area contributed by atoms with Gasteiger partial charge in [-0.3, -0.25) is 4.79 Å². The van der Waals surface area contributed by atoms with E-state index in [4.69, 9.17) is 9.72 Å². The van der Waals surface area contributed by atoms with Crippen LogP contribution >= 0.6 is 11.8 Å². The maximum Gasteiger partial charge on any atom is 0.336 e. The topological polar surface area (TPSA) is 125 Å². The minimum absolute atomic E-state index is 0.0248. The van der Waals surface area contributed by atoms with Crippen molar-refractivity contribution >= 4 is 40.2 Å². The molecule has 1 amide bonds. The molecule has 0 aliphatic carbocycles. The van der Waals surface area contributed by atoms with Crippen molar-refractivity contribution < 1.29 is 19.4 Å². The van der Waals surface area contributed by atoms with Gasteiger partial charge in [0.1, 0.15) is 16.8 Å². The van der Waals surface area contributed by atoms with Crippen molar-refractivity contribution in [2.45, 2.75) is 11.9 Å². The van der Waals surface area contributed by atoms with Crippen molar-refractivity contribution in [1.29, 1.82) is 5.26 Å². The fraction of sp³-hybridized carbons (Fsp3) is 0.0789. The quantitative estimate of drug-likeness (QED) is 0.152. The first-order valence-electron chi connectivity index (χ1n) is 14.7. The van der Waals surface area contributed by atoms with E-state index in [9.17, 15) is 20.0 Å². The number of nitrogens with one attached hydrogen (secondary N) is 1. The molecule has 2 heterocycles. The smallest absolute Gasteiger partial charge is 0.336 e. The predicted octanol–water partition coefficient (Wildman–Crippen LogP) is 8.25. The van der Waals surface area contributed by atoms with E-state index >= 15 is 0 Å². The Hall–Kier alpha value is -5.98. The van der Waals surface area contributed by atoms with E-state index in [2.05, 4.69) is 16.4 Å². The van der Waals surface area contributed by atoms with Crippen LogP contribution in [-0.4, -0.2) is 39.8 Å². The molecule has 0 aliphatic heterocycles. The molecule has 6 rings (SSSR count). The molecule has 230 valence electrons. The van der Waals surface area contributed by atoms with E-state index in [1.165, 1.54) is 11.8 Å². The van der Waals surface area contributed by atoms with Gasteiger partial charge in [0.2, 0.25) is 5.91 Å². The Morgan fingerprint density at radius 3 is 2.15 bits per heavy atom. The Morgan fingerprint density at radius 2 is 1.49 bits per heavy atom. The van der Waals surface area contributed by atoms with Gasteiger partial charge in [0.25, 0.3) is 0 Å². The van der Waals surface area contributed by atoms with Crippen LogP contribution in [0.25, 0.3) is 44.5 Å². The number of carbonyl (C=O) groups is 2. The number of rotatable bonds is 9. The average Bonchev–Trinajstić information content (AvgIpc) is 3.10. The van der Waals surface area contributed by atoms with Crippen LogP contribution in [0.5, 0.6) is 5.75 Å². The van der Waals surface area contributed by atoms with Gasteiger partial charge in [-0.2, -0.15) is 5.26 Å². The van der Waals surface area contributed by atoms with Gasteiger partial charge in [-0.25, -0.2) is 14.8 Å². The maximum absolute atomic E-state index is 13.1. The summed E-state index contributed by atoms with van der Waals surface area (Å²) in [5.74, 6) is -0.547. The summed E-state index contributed by atoms with van der Waals surface area (Å²) in [5, 5.41) is 23.9. The number of carboxylic acids is 1. The summed E-state index contributed by atoms with van der Waals surface area (Å²) >= 11 is 1.20. The van der Waals surface area contributed by atoms with Crippen LogP contribution in [0.3, 0.4) is 0 Å². The number of carboxylic acid groups (broad SMARTS) is 1. The van der Waals surface area contributed by atoms with Crippen LogP contribution in [0.4, 0.5) is 5.69 Å². The number of methoxy groups -OCH3 is 1. The molecule has 0 bridgehead atoms. The highest BCUT2D eigenvalue weighted by Gasteiger charge is 2.18. The Kier molecular flexibility index (Phi) is 8.95. The van der Waals surface area contributed by atoms with Crippen molar-refractivity contribution in [3.63, 3.8) is 0 Å². The number of hydrogen-bond donors (Lipinski definition) is 2. The number of ether oxygens (including phenoxy) is 1. The van der Waals surface area contributed by atoms with Crippen LogP contribution in [0.15, 0.2) is 114 Å². The van der Waals surface area contributed by atoms with Gasteiger partial charge in [-0.1, -0.05) is 71.9 Å². The Labute approximate surface area is 275 Å². The highest BCUT2D eigenvalue weighted by atomic mass is 32.2. The number of aromatic nitrogens is 2. The van der Waals surface area contributed by atoms with Gasteiger partial charge in [0.05, 0.1) is 40.9 Å². The molecule has 9 heteroatoms. The first kappa shape index (κ1) is 31.0. The third-order valence-electron chi connectivity index (χ3n) is 7.60. The molecule has 4 aromatic carbocycles. The summed E-state index contributed by atoms with van der Waals surface area (Å²) < 4.78 is 5.30. The molecule has 8 nitrogen and oxygen atoms in total. The first-order valence-corrected chi connectivity index (χ1v) is 15.6. The molecule has 2 N–H and O–H groups in total. The zero-order chi connectivity index (χ0) is 32.9. The van der Waals surface area contributed by atoms with Crippen LogP contribution in [-0.2, 0) is 4.79 Å². The summed E-state index contributed by atoms with van der Waals surface area (Å²) in [6.07, 6.45) is 0. The van der Waals surface area contributed by atoms with Gasteiger partial charge in [-0.15, -0.1) is 0 Å². The Bertz CT molecular complexity index is 2160. The fourth-order valence-corrected chi connectivity index (χ4v) is 5.96. The summed E-state index contributed by atoms with van der Waals surface area (Å²) in [4.78, 5) is 34.4. The summed E-state index contributed by atoms with van der Waals surface area (Å²) in [6, 6.07) is 35.4. The molecular weight excluding hydrogens is 609 g/mol. The number of benzene rings is 4. The molecule has 0 saturated carbocycles. The number of aromatic carboxylic acids is 1. The number of carbonyl (C=O) groups excluding carboxylic acids is 1. The first-order chi connectivity index (χ1) is 22.8. The van der Waals surface area contributed by atoms with Gasteiger partial charge < -0.3 is 15.2 Å². The van der Waals surface area contributed by atoms with Gasteiger partial charge in [0, 0.05) is 27.8 Å². The number of fused-ring (bicyclic) bond motifs is 1. The van der Waals surface area contributed by atoms with E-state index in [0.29, 0.717) is 44.1 Å². The second-order valence-corrected chi connectivity index (χ2v) is 11.7. The number of pyridine rings is 2. The van der Waals surface area contributed by atoms with Gasteiger partial charge in [0.15, 0.2) is 0 Å². The number of amides is 1. The van der Waals surface area contributed by atoms with Crippen molar-refractivity contribution in [1.82, 2.24) is 9.97 Å². The zero-order valence-electron chi connectivity index (χ0n) is 25.5. The van der Waals surface area contributed by atoms with Crippen molar-refractivity contribution in [3.8, 4) is 45.5 Å². The molecule has 0 spiro atoms. The van der Waals surface area contributed by atoms with E-state index in [1.807, 2.05) is 67.6 Å². The number of thioether (sulfide) groups is 1. The van der Waals surface area contributed by atoms with E-state index in [0.717, 1.165) is 28.0 Å². The molecule has 0 atom stereocenters. The monoisotopic (exact) mass is 636 g/mol. The van der Waals surface area contributed by atoms with Crippen LogP contribution in [0, 0.1) is 18.3 Å². The number of nitriles is 1. The lowest BCUT2D eigenvalue weighted by molar-refractivity contribution is -0.113. The molecule has 2 aromatic heterocycles. The SMILES string of the molecule is COc1ccc(-c2cc(-c3ccc(C)cc3)c(C#N)c(SCC(=O)Nc3ccc(-c4cc(C(=O)O)c5ccccc5n4)cc3)n2)cc1. The summed E-state index contributed by atoms with van der Waals surface area (Å²) in [5.41, 5.74) is 7.22. The van der Waals surface area contributed by atoms with Crippen LogP contribution in [0.2, 0.25) is 0 Å². The molecule has 47 heavy (non-hydrogen) atoms. The zero-order valence-corrected chi connectivity index (χ0v) is 26.3. The maximum atomic E-state index is 13.1. The molecule has 0 radical (unpaired) electrons. The minimum Gasteiger partial charge on any atom is -0.497 e. The van der Waals surface area contributed by atoms with E-state index < -0.39 is 5.97 Å². The second-order valence-electron chi connectivity index (χ2n) is 10.7. The van der Waals surface area contributed by atoms with Gasteiger partial charge >= 0.3 is 5.97 Å². The fourth-order valence-electron chi connectivity index (χ4n) is 5.16. The van der Waals surface area contributed by atoms with Crippen molar-refractivity contribution in [2.75, 3.05) is 18.2 Å². The lowest BCUT2D eigenvalue weighted by atomic mass is 9.98. The van der Waals surface area contributed by atoms with Gasteiger partial charge in [-0.05, 0) is 67.1 Å². The Morgan fingerprint density at radius 1 is 0.851 bits per heavy atom. The standard InChI is InChI=1S/C38H28N4O4S/c1-23-7-9-24(10-8-23)30-19-35(26-13-17-28(46-2)18-14-26)42-37(32(30)21-39)47-22-36(43)40-27-15-11-25(12-16-27)34-20-31(38(44)45)29-5-3-4-6-33(29)41-34/h3-20H,22H2,1-2H3,(H,40,43)(H,44,45). The number of nitrogens with zero attached hydrogens (tertiary/aromatic N) is 3. The molecule has 0 fully saturated rings. The van der Waals surface area contributed by atoms with Crippen LogP contribution in [0.1, 0.15) is 21.5 Å². The molecule has 6 aromatic rings. The average molecular weight is 637 g/mol. The normalized spacial score (nSPS) is 10.7. The number of hydrogen-bond acceptors (Lipinski definition) is 7. The molecule has 0 unspecified atom stereocenters. The minimum atomic E-state index is -1.03. The predicted molar refractivity (Wildman–Crippen MR) is 185 cm³/mol. The molecular formula is C38H28N4O4S. The van der Waals surface area contributed by atoms with Crippen LogP contribution < -0.4 is 10.1 Å². The van der Waals surface area contributed by atoms with E-state index in [-0.39, 0.29) is 17.2 Å². The molecule has 0 aliphatic rings.